The van der Waals surface area contributed by atoms with E-state index in [1.54, 1.807) is 50.0 Å². The molecule has 0 bridgehead atoms. The highest BCUT2D eigenvalue weighted by atomic mass is 32.2. The molecule has 1 unspecified atom stereocenters. The molecule has 144 valence electrons. The summed E-state index contributed by atoms with van der Waals surface area (Å²) in [7, 11) is 1.57. The molecule has 2 heterocycles. The minimum Gasteiger partial charge on any atom is -0.497 e. The number of methoxy groups -OCH3 is 1. The first-order valence-electron chi connectivity index (χ1n) is 8.72. The molecule has 1 N–H and O–H groups in total. The van der Waals surface area contributed by atoms with E-state index >= 15 is 0 Å². The number of aromatic nitrogens is 2. The summed E-state index contributed by atoms with van der Waals surface area (Å²) in [6.07, 6.45) is 4.14. The number of pyridine rings is 2. The number of nitrogens with one attached hydrogen (secondary N) is 1. The van der Waals surface area contributed by atoms with Gasteiger partial charge in [-0.3, -0.25) is 9.78 Å². The van der Waals surface area contributed by atoms with E-state index in [1.165, 1.54) is 11.8 Å². The van der Waals surface area contributed by atoms with Gasteiger partial charge in [-0.1, -0.05) is 19.1 Å². The van der Waals surface area contributed by atoms with Crippen molar-refractivity contribution in [3.63, 3.8) is 0 Å². The molecule has 3 rings (SSSR count). The first-order chi connectivity index (χ1) is 13.6. The van der Waals surface area contributed by atoms with E-state index in [9.17, 15) is 9.59 Å². The van der Waals surface area contributed by atoms with Gasteiger partial charge >= 0.3 is 5.97 Å². The second-order valence-electron chi connectivity index (χ2n) is 5.85. The Labute approximate surface area is 166 Å². The molecule has 3 aromatic rings. The molecular weight excluding hydrogens is 376 g/mol. The maximum atomic E-state index is 12.8. The number of hydrogen-bond donors (Lipinski definition) is 1. The van der Waals surface area contributed by atoms with E-state index in [1.807, 2.05) is 25.1 Å². The van der Waals surface area contributed by atoms with E-state index in [4.69, 9.17) is 9.47 Å². The fourth-order valence-electron chi connectivity index (χ4n) is 2.71. The maximum Gasteiger partial charge on any atom is 0.344 e. The van der Waals surface area contributed by atoms with Crippen molar-refractivity contribution in [2.45, 2.75) is 17.9 Å². The molecule has 0 aliphatic heterocycles. The van der Waals surface area contributed by atoms with Crippen molar-refractivity contribution >= 4 is 17.7 Å². The maximum absolute atomic E-state index is 12.8. The topological polar surface area (TPSA) is 81.3 Å². The third-order valence-corrected chi connectivity index (χ3v) is 4.90. The SMILES string of the molecule is CCSc1c[nH]c(=O)c(C(=O)OC(c2ccncc2)c2cccc(OC)c2)c1. The second-order valence-corrected chi connectivity index (χ2v) is 7.19. The molecule has 2 aromatic heterocycles. The number of carbonyl (C=O) groups is 1. The third kappa shape index (κ3) is 4.61. The first kappa shape index (κ1) is 19.7. The van der Waals surface area contributed by atoms with Gasteiger partial charge in [-0.25, -0.2) is 4.79 Å². The summed E-state index contributed by atoms with van der Waals surface area (Å²) in [5.41, 5.74) is 0.964. The van der Waals surface area contributed by atoms with E-state index in [-0.39, 0.29) is 5.56 Å². The standard InChI is InChI=1S/C21H20N2O4S/c1-3-28-17-12-18(20(24)23-13-17)21(25)27-19(14-7-9-22-10-8-14)15-5-4-6-16(11-15)26-2/h4-13,19H,3H2,1-2H3,(H,23,24). The van der Waals surface area contributed by atoms with E-state index in [0.29, 0.717) is 5.75 Å². The zero-order valence-corrected chi connectivity index (χ0v) is 16.4. The van der Waals surface area contributed by atoms with Crippen molar-refractivity contribution < 1.29 is 14.3 Å². The van der Waals surface area contributed by atoms with Crippen LogP contribution in [0.5, 0.6) is 5.75 Å². The number of H-pyrrole nitrogens is 1. The van der Waals surface area contributed by atoms with Gasteiger partial charge in [0.2, 0.25) is 0 Å². The van der Waals surface area contributed by atoms with Crippen molar-refractivity contribution in [1.29, 1.82) is 0 Å². The largest absolute Gasteiger partial charge is 0.497 e. The highest BCUT2D eigenvalue weighted by molar-refractivity contribution is 7.99. The van der Waals surface area contributed by atoms with Crippen molar-refractivity contribution in [3.05, 3.63) is 88.1 Å². The van der Waals surface area contributed by atoms with Gasteiger partial charge in [0, 0.05) is 34.6 Å². The second kappa shape index (κ2) is 9.23. The van der Waals surface area contributed by atoms with E-state index < -0.39 is 17.6 Å². The predicted molar refractivity (Wildman–Crippen MR) is 108 cm³/mol. The molecule has 0 aliphatic rings. The summed E-state index contributed by atoms with van der Waals surface area (Å²) in [6, 6.07) is 12.4. The summed E-state index contributed by atoms with van der Waals surface area (Å²) in [6.45, 7) is 2.00. The van der Waals surface area contributed by atoms with Gasteiger partial charge in [0.1, 0.15) is 11.3 Å². The molecule has 0 saturated carbocycles. The summed E-state index contributed by atoms with van der Waals surface area (Å²) >= 11 is 1.53. The van der Waals surface area contributed by atoms with Crippen LogP contribution in [0.25, 0.3) is 0 Å². The van der Waals surface area contributed by atoms with Crippen LogP contribution in [0.3, 0.4) is 0 Å². The Bertz CT molecular complexity index is 1000. The highest BCUT2D eigenvalue weighted by Gasteiger charge is 2.22. The van der Waals surface area contributed by atoms with Gasteiger partial charge in [0.05, 0.1) is 7.11 Å². The van der Waals surface area contributed by atoms with Crippen LogP contribution in [0.2, 0.25) is 0 Å². The lowest BCUT2D eigenvalue weighted by Gasteiger charge is -2.19. The number of esters is 1. The predicted octanol–water partition coefficient (Wildman–Crippen LogP) is 3.84. The lowest BCUT2D eigenvalue weighted by atomic mass is 10.0. The lowest BCUT2D eigenvalue weighted by molar-refractivity contribution is 0.0375. The van der Waals surface area contributed by atoms with Crippen molar-refractivity contribution in [2.24, 2.45) is 0 Å². The van der Waals surface area contributed by atoms with Gasteiger partial charge in [0.15, 0.2) is 6.10 Å². The van der Waals surface area contributed by atoms with Crippen LogP contribution >= 0.6 is 11.8 Å². The monoisotopic (exact) mass is 396 g/mol. The summed E-state index contributed by atoms with van der Waals surface area (Å²) in [5, 5.41) is 0. The number of rotatable bonds is 7. The Morgan fingerprint density at radius 3 is 2.68 bits per heavy atom. The molecule has 0 amide bonds. The Balaban J connectivity index is 1.97. The molecule has 0 fully saturated rings. The Morgan fingerprint density at radius 2 is 1.96 bits per heavy atom. The molecule has 0 radical (unpaired) electrons. The number of aromatic amines is 1. The Kier molecular flexibility index (Phi) is 6.49. The van der Waals surface area contributed by atoms with Crippen LogP contribution in [-0.2, 0) is 4.74 Å². The number of ether oxygens (including phenoxy) is 2. The number of thioether (sulfide) groups is 1. The van der Waals surface area contributed by atoms with Crippen molar-refractivity contribution in [3.8, 4) is 5.75 Å². The third-order valence-electron chi connectivity index (χ3n) is 4.04. The zero-order valence-electron chi connectivity index (χ0n) is 15.5. The molecule has 7 heteroatoms. The van der Waals surface area contributed by atoms with Crippen LogP contribution in [0.4, 0.5) is 0 Å². The highest BCUT2D eigenvalue weighted by Crippen LogP contribution is 2.29. The van der Waals surface area contributed by atoms with Crippen LogP contribution in [0.15, 0.2) is 70.7 Å². The van der Waals surface area contributed by atoms with Gasteiger partial charge in [-0.15, -0.1) is 11.8 Å². The number of nitrogens with zero attached hydrogens (tertiary/aromatic N) is 1. The van der Waals surface area contributed by atoms with Crippen LogP contribution in [0.1, 0.15) is 34.5 Å². The lowest BCUT2D eigenvalue weighted by Crippen LogP contribution is -2.21. The van der Waals surface area contributed by atoms with Gasteiger partial charge in [-0.2, -0.15) is 0 Å². The van der Waals surface area contributed by atoms with Gasteiger partial charge in [-0.05, 0) is 36.1 Å². The van der Waals surface area contributed by atoms with Gasteiger partial charge < -0.3 is 14.5 Å². The molecule has 28 heavy (non-hydrogen) atoms. The van der Waals surface area contributed by atoms with Crippen molar-refractivity contribution in [2.75, 3.05) is 12.9 Å². The average Bonchev–Trinajstić information content (AvgIpc) is 2.74. The minimum absolute atomic E-state index is 0.0274. The summed E-state index contributed by atoms with van der Waals surface area (Å²) in [5.74, 6) is 0.778. The molecule has 1 atom stereocenters. The zero-order chi connectivity index (χ0) is 19.9. The van der Waals surface area contributed by atoms with Gasteiger partial charge in [0.25, 0.3) is 5.56 Å². The quantitative estimate of drug-likeness (QED) is 0.483. The fourth-order valence-corrected chi connectivity index (χ4v) is 3.38. The molecule has 6 nitrogen and oxygen atoms in total. The van der Waals surface area contributed by atoms with E-state index in [2.05, 4.69) is 9.97 Å². The van der Waals surface area contributed by atoms with Crippen LogP contribution < -0.4 is 10.3 Å². The fraction of sp³-hybridized carbons (Fsp3) is 0.190. The number of hydrogen-bond acceptors (Lipinski definition) is 6. The molecule has 0 spiro atoms. The molecule has 0 saturated heterocycles. The average molecular weight is 396 g/mol. The van der Waals surface area contributed by atoms with Crippen LogP contribution in [0, 0.1) is 0 Å². The summed E-state index contributed by atoms with van der Waals surface area (Å²) < 4.78 is 11.1. The minimum atomic E-state index is -0.701. The normalized spacial score (nSPS) is 11.6. The summed E-state index contributed by atoms with van der Waals surface area (Å²) in [4.78, 5) is 32.4. The smallest absolute Gasteiger partial charge is 0.344 e. The Hall–Kier alpha value is -3.06. The first-order valence-corrected chi connectivity index (χ1v) is 9.71. The Morgan fingerprint density at radius 1 is 1.18 bits per heavy atom. The number of carbonyl (C=O) groups excluding carboxylic acids is 1. The van der Waals surface area contributed by atoms with E-state index in [0.717, 1.165) is 21.8 Å². The molecule has 0 aliphatic carbocycles. The molecule has 1 aromatic carbocycles. The number of benzene rings is 1. The van der Waals surface area contributed by atoms with Crippen molar-refractivity contribution in [1.82, 2.24) is 9.97 Å². The van der Waals surface area contributed by atoms with Crippen LogP contribution in [-0.4, -0.2) is 28.8 Å². The molecular formula is C21H20N2O4S.